The van der Waals surface area contributed by atoms with Crippen LogP contribution in [0.2, 0.25) is 0 Å². The van der Waals surface area contributed by atoms with E-state index >= 15 is 0 Å². The number of aliphatic hydroxyl groups excluding tert-OH is 2. The van der Waals surface area contributed by atoms with Crippen LogP contribution in [0, 0.1) is 0 Å². The average molecular weight is 1030 g/mol. The molecule has 67 heavy (non-hydrogen) atoms. The van der Waals surface area contributed by atoms with Crippen LogP contribution in [0.3, 0.4) is 0 Å². The molecule has 13 unspecified atom stereocenters. The highest BCUT2D eigenvalue weighted by atomic mass is 32.5. The topological polar surface area (TPSA) is 401 Å². The van der Waals surface area contributed by atoms with Gasteiger partial charge in [0, 0.05) is 26.4 Å². The molecule has 0 aliphatic carbocycles. The number of methoxy groups -OCH3 is 1. The van der Waals surface area contributed by atoms with E-state index in [-0.39, 0.29) is 64.3 Å². The highest BCUT2D eigenvalue weighted by molar-refractivity contribution is 8.07. The van der Waals surface area contributed by atoms with E-state index in [4.69, 9.17) is 77.9 Å². The van der Waals surface area contributed by atoms with Gasteiger partial charge in [0.15, 0.2) is 60.4 Å². The third kappa shape index (κ3) is 9.81. The van der Waals surface area contributed by atoms with Gasteiger partial charge in [-0.15, -0.1) is 0 Å². The number of imidazole rings is 3. The largest absolute Gasteiger partial charge is 0.387 e. The zero-order valence-electron chi connectivity index (χ0n) is 35.0. The standard InChI is InChI=1S/C33H44N15O14P3S2/c1-55-23-17(7-57-64(53,66)61-15-5-14(3-4-63(2,51)52)58-31(15)46-11-43-18-25(34)37-8-40-28(18)46)60-33(48-13-45-20-27(36)39-10-42-30(20)48)24(23)62-65(54,67)56-6-16-21(49)22(50)32(59-16)47-12-44-19-26(35)38-9-41-29(19)47/h8-17,21-24,31-33,49-50H,3-7H2,1-2H3,(H,51,52)(H,53,66)(H,54,67)(H2,34,37,40)(H2,35,38,41)(H2,36,39,42)/t14?,15?,16?,17?,21?,22-,23?,24?,31?,32?,33?,64?,65?/m1/s1. The molecule has 0 amide bonds. The fraction of sp³-hybridized carbons (Fsp3) is 0.545. The number of nitrogens with zero attached hydrogens (tertiary/aromatic N) is 12. The van der Waals surface area contributed by atoms with Crippen LogP contribution in [0.25, 0.3) is 33.5 Å². The Morgan fingerprint density at radius 2 is 1.15 bits per heavy atom. The van der Waals surface area contributed by atoms with Crippen molar-refractivity contribution in [3.63, 3.8) is 0 Å². The molecule has 0 spiro atoms. The predicted molar refractivity (Wildman–Crippen MR) is 238 cm³/mol. The van der Waals surface area contributed by atoms with E-state index in [2.05, 4.69) is 44.9 Å². The van der Waals surface area contributed by atoms with E-state index < -0.39 is 102 Å². The lowest BCUT2D eigenvalue weighted by Gasteiger charge is -2.28. The van der Waals surface area contributed by atoms with Crippen molar-refractivity contribution in [2.75, 3.05) is 50.4 Å². The summed E-state index contributed by atoms with van der Waals surface area (Å²) in [6, 6.07) is 0. The van der Waals surface area contributed by atoms with E-state index in [1.807, 2.05) is 0 Å². The monoisotopic (exact) mass is 1030 g/mol. The van der Waals surface area contributed by atoms with Gasteiger partial charge in [0.1, 0.15) is 78.3 Å². The Balaban J connectivity index is 0.922. The van der Waals surface area contributed by atoms with Gasteiger partial charge in [0.25, 0.3) is 0 Å². The molecule has 6 aromatic heterocycles. The second-order valence-electron chi connectivity index (χ2n) is 15.8. The molecule has 11 N–H and O–H groups in total. The summed E-state index contributed by atoms with van der Waals surface area (Å²) in [4.78, 5) is 70.6. The quantitative estimate of drug-likeness (QED) is 0.0539. The first kappa shape index (κ1) is 48.1. The first-order chi connectivity index (χ1) is 31.8. The number of anilines is 3. The number of hydrogen-bond donors (Lipinski definition) is 8. The first-order valence-corrected chi connectivity index (χ1v) is 27.5. The zero-order valence-corrected chi connectivity index (χ0v) is 39.3. The second kappa shape index (κ2) is 18.8. The molecule has 3 aliphatic heterocycles. The summed E-state index contributed by atoms with van der Waals surface area (Å²) in [5, 5.41) is 22.0. The molecule has 34 heteroatoms. The van der Waals surface area contributed by atoms with Crippen LogP contribution in [0.1, 0.15) is 31.5 Å². The van der Waals surface area contributed by atoms with Gasteiger partial charge in [-0.25, -0.2) is 44.9 Å². The lowest BCUT2D eigenvalue weighted by Crippen LogP contribution is -2.37. The summed E-state index contributed by atoms with van der Waals surface area (Å²) < 4.78 is 64.9. The lowest BCUT2D eigenvalue weighted by atomic mass is 10.1. The third-order valence-corrected chi connectivity index (χ3v) is 15.5. The number of aliphatic hydroxyl groups is 2. The van der Waals surface area contributed by atoms with E-state index in [1.165, 1.54) is 65.4 Å². The summed E-state index contributed by atoms with van der Waals surface area (Å²) in [5.41, 5.74) is 19.5. The summed E-state index contributed by atoms with van der Waals surface area (Å²) in [6.45, 7) is -8.36. The minimum absolute atomic E-state index is 0.0453. The number of hydrogen-bond acceptors (Lipinski definition) is 25. The highest BCUT2D eigenvalue weighted by Gasteiger charge is 2.52. The van der Waals surface area contributed by atoms with Crippen molar-refractivity contribution < 1.29 is 66.5 Å². The smallest absolute Gasteiger partial charge is 0.325 e. The van der Waals surface area contributed by atoms with Crippen LogP contribution in [-0.4, -0.2) is 165 Å². The van der Waals surface area contributed by atoms with Crippen molar-refractivity contribution in [1.82, 2.24) is 58.6 Å². The Morgan fingerprint density at radius 3 is 1.67 bits per heavy atom. The fourth-order valence-corrected chi connectivity index (χ4v) is 11.7. The molecular weight excluding hydrogens is 988 g/mol. The van der Waals surface area contributed by atoms with Crippen molar-refractivity contribution in [2.45, 2.75) is 80.4 Å². The summed E-state index contributed by atoms with van der Waals surface area (Å²) in [6.07, 6.45) is -4.88. The molecule has 0 radical (unpaired) electrons. The highest BCUT2D eigenvalue weighted by Crippen LogP contribution is 2.54. The van der Waals surface area contributed by atoms with Gasteiger partial charge in [-0.2, -0.15) is 0 Å². The summed E-state index contributed by atoms with van der Waals surface area (Å²) in [5.74, 6) is 0.268. The maximum atomic E-state index is 12.2. The maximum absolute atomic E-state index is 12.2. The molecule has 3 aliphatic rings. The molecule has 9 heterocycles. The van der Waals surface area contributed by atoms with E-state index in [9.17, 15) is 29.5 Å². The Labute approximate surface area is 387 Å². The molecule has 0 bridgehead atoms. The van der Waals surface area contributed by atoms with Crippen LogP contribution in [0.5, 0.6) is 0 Å². The van der Waals surface area contributed by atoms with Crippen molar-refractivity contribution in [2.24, 2.45) is 0 Å². The van der Waals surface area contributed by atoms with E-state index in [0.717, 1.165) is 0 Å². The van der Waals surface area contributed by atoms with Crippen LogP contribution < -0.4 is 17.2 Å². The van der Waals surface area contributed by atoms with Crippen LogP contribution >= 0.6 is 20.8 Å². The Kier molecular flexibility index (Phi) is 13.5. The Hall–Kier alpha value is -3.94. The predicted octanol–water partition coefficient (Wildman–Crippen LogP) is -0.401. The molecule has 3 saturated heterocycles. The first-order valence-electron chi connectivity index (χ1n) is 20.1. The van der Waals surface area contributed by atoms with Gasteiger partial charge in [0.05, 0.1) is 38.3 Å². The van der Waals surface area contributed by atoms with Crippen LogP contribution in [0.4, 0.5) is 17.5 Å². The maximum Gasteiger partial charge on any atom is 0.325 e. The van der Waals surface area contributed by atoms with E-state index in [0.29, 0.717) is 5.65 Å². The molecule has 9 rings (SSSR count). The van der Waals surface area contributed by atoms with Crippen molar-refractivity contribution >= 4 is 95.4 Å². The van der Waals surface area contributed by atoms with Crippen LogP contribution in [-0.2, 0) is 65.2 Å². The lowest BCUT2D eigenvalue weighted by molar-refractivity contribution is -0.0583. The number of nitrogens with two attached hydrogens (primary N) is 3. The van der Waals surface area contributed by atoms with Crippen LogP contribution in [0.15, 0.2) is 38.0 Å². The molecule has 14 atom stereocenters. The summed E-state index contributed by atoms with van der Waals surface area (Å²) in [7, 11) is -2.08. The number of rotatable bonds is 17. The fourth-order valence-electron chi connectivity index (χ4n) is 8.08. The molecular formula is C33H44N15O14P3S2. The van der Waals surface area contributed by atoms with Crippen molar-refractivity contribution in [3.8, 4) is 0 Å². The second-order valence-corrected chi connectivity index (χ2v) is 23.9. The molecule has 3 fully saturated rings. The van der Waals surface area contributed by atoms with Crippen molar-refractivity contribution in [3.05, 3.63) is 38.0 Å². The minimum Gasteiger partial charge on any atom is -0.387 e. The van der Waals surface area contributed by atoms with E-state index in [1.54, 1.807) is 0 Å². The normalized spacial score (nSPS) is 30.6. The summed E-state index contributed by atoms with van der Waals surface area (Å²) >= 11 is 11.0. The molecule has 0 saturated carbocycles. The number of aromatic nitrogens is 12. The number of ether oxygens (including phenoxy) is 4. The zero-order chi connectivity index (χ0) is 47.6. The minimum atomic E-state index is -4.34. The van der Waals surface area contributed by atoms with Crippen molar-refractivity contribution in [1.29, 1.82) is 0 Å². The Bertz CT molecular complexity index is 2930. The van der Waals surface area contributed by atoms with Gasteiger partial charge in [-0.1, -0.05) is 0 Å². The van der Waals surface area contributed by atoms with Gasteiger partial charge in [-0.3, -0.25) is 22.8 Å². The van der Waals surface area contributed by atoms with Gasteiger partial charge in [0.2, 0.25) is 0 Å². The molecule has 29 nitrogen and oxygen atoms in total. The Morgan fingerprint density at radius 1 is 0.672 bits per heavy atom. The number of fused-ring (bicyclic) bond motifs is 3. The van der Waals surface area contributed by atoms with Gasteiger partial charge in [-0.05, 0) is 30.0 Å². The van der Waals surface area contributed by atoms with Gasteiger partial charge < -0.3 is 74.6 Å². The third-order valence-electron chi connectivity index (χ3n) is 11.2. The van der Waals surface area contributed by atoms with Gasteiger partial charge >= 0.3 is 13.4 Å². The number of nitrogen functional groups attached to an aromatic ring is 3. The molecule has 6 aromatic rings. The molecule has 362 valence electrons. The molecule has 0 aromatic carbocycles. The average Bonchev–Trinajstić information content (AvgIpc) is 4.13. The SMILES string of the molecule is COC1C(COP(O)(=S)OC2CC(CCP(C)(=O)O)OC2n2cnc3c(N)ncnc32)OC(n2cnc3c(N)ncnc32)C1OP(O)(=S)OCC1OC(n2cnc3c(N)ncnc32)[C@H](O)C1O.